The number of hydrogen-bond acceptors (Lipinski definition) is 5. The van der Waals surface area contributed by atoms with Crippen molar-refractivity contribution >= 4 is 33.1 Å². The zero-order valence-corrected chi connectivity index (χ0v) is 14.1. The van der Waals surface area contributed by atoms with Gasteiger partial charge in [0.2, 0.25) is 10.0 Å². The molecule has 0 unspecified atom stereocenters. The van der Waals surface area contributed by atoms with Crippen LogP contribution < -0.4 is 10.0 Å². The zero-order chi connectivity index (χ0) is 18.2. The number of carbonyl (C=O) groups excluding carboxylic acids is 2. The zero-order valence-electron chi connectivity index (χ0n) is 13.3. The van der Waals surface area contributed by atoms with E-state index in [0.717, 1.165) is 6.26 Å². The van der Waals surface area contributed by atoms with Gasteiger partial charge in [-0.15, -0.1) is 0 Å². The first-order valence-electron chi connectivity index (χ1n) is 7.43. The number of ketones is 1. The molecular weight excluding hydrogens is 344 g/mol. The van der Waals surface area contributed by atoms with Crippen molar-refractivity contribution in [3.05, 3.63) is 59.7 Å². The summed E-state index contributed by atoms with van der Waals surface area (Å²) in [4.78, 5) is 24.7. The van der Waals surface area contributed by atoms with Crippen LogP contribution in [0.2, 0.25) is 0 Å². The third-order valence-corrected chi connectivity index (χ3v) is 4.51. The third kappa shape index (κ3) is 3.40. The summed E-state index contributed by atoms with van der Waals surface area (Å²) in [5.41, 5.74) is -0.710. The van der Waals surface area contributed by atoms with Crippen LogP contribution in [-0.2, 0) is 20.4 Å². The van der Waals surface area contributed by atoms with Crippen LogP contribution in [0.25, 0.3) is 0 Å². The molecular formula is C17H16N2O5S. The molecule has 3 rings (SSSR count). The number of carbonyl (C=O) groups is 2. The van der Waals surface area contributed by atoms with Gasteiger partial charge >= 0.3 is 0 Å². The van der Waals surface area contributed by atoms with Gasteiger partial charge in [-0.2, -0.15) is 0 Å². The highest BCUT2D eigenvalue weighted by Crippen LogP contribution is 2.38. The second-order valence-electron chi connectivity index (χ2n) is 5.91. The highest BCUT2D eigenvalue weighted by atomic mass is 32.2. The lowest BCUT2D eigenvalue weighted by atomic mass is 9.88. The summed E-state index contributed by atoms with van der Waals surface area (Å²) in [7, 11) is -3.48. The van der Waals surface area contributed by atoms with Crippen molar-refractivity contribution in [2.24, 2.45) is 0 Å². The van der Waals surface area contributed by atoms with Crippen LogP contribution in [0.4, 0.5) is 11.4 Å². The van der Waals surface area contributed by atoms with E-state index in [2.05, 4.69) is 10.0 Å². The van der Waals surface area contributed by atoms with Gasteiger partial charge in [0, 0.05) is 22.5 Å². The number of para-hydroxylation sites is 1. The molecule has 1 aliphatic heterocycles. The number of rotatable bonds is 5. The van der Waals surface area contributed by atoms with Gasteiger partial charge in [0.05, 0.1) is 12.7 Å². The monoisotopic (exact) mass is 360 g/mol. The minimum Gasteiger partial charge on any atom is -0.375 e. The van der Waals surface area contributed by atoms with Crippen molar-refractivity contribution in [1.82, 2.24) is 0 Å². The predicted molar refractivity (Wildman–Crippen MR) is 92.8 cm³/mol. The summed E-state index contributed by atoms with van der Waals surface area (Å²) in [6.07, 6.45) is 0.558. The molecule has 0 saturated carbocycles. The van der Waals surface area contributed by atoms with Crippen molar-refractivity contribution in [2.45, 2.75) is 12.0 Å². The molecule has 0 spiro atoms. The minimum atomic E-state index is -3.48. The van der Waals surface area contributed by atoms with E-state index in [0.29, 0.717) is 11.3 Å². The van der Waals surface area contributed by atoms with Crippen molar-refractivity contribution in [3.8, 4) is 0 Å². The molecule has 2 aromatic rings. The van der Waals surface area contributed by atoms with Crippen molar-refractivity contribution in [3.63, 3.8) is 0 Å². The molecule has 1 aliphatic rings. The Kier molecular flexibility index (Phi) is 4.09. The van der Waals surface area contributed by atoms with Gasteiger partial charge in [0.25, 0.3) is 5.91 Å². The molecule has 0 saturated heterocycles. The first kappa shape index (κ1) is 17.1. The molecule has 1 heterocycles. The fourth-order valence-electron chi connectivity index (χ4n) is 2.78. The Morgan fingerprint density at radius 2 is 1.92 bits per heavy atom. The maximum Gasteiger partial charge on any atom is 0.261 e. The van der Waals surface area contributed by atoms with Gasteiger partial charge in [-0.1, -0.05) is 30.3 Å². The normalized spacial score (nSPS) is 19.2. The van der Waals surface area contributed by atoms with Crippen molar-refractivity contribution in [2.75, 3.05) is 16.3 Å². The second-order valence-corrected chi connectivity index (χ2v) is 7.66. The van der Waals surface area contributed by atoms with Crippen LogP contribution in [-0.4, -0.2) is 31.5 Å². The molecule has 0 aromatic heterocycles. The molecule has 0 bridgehead atoms. The number of Topliss-reactive ketones (excluding diaryl/α,β-unsaturated/α-hetero) is 1. The van der Waals surface area contributed by atoms with E-state index < -0.39 is 33.7 Å². The van der Waals surface area contributed by atoms with E-state index in [1.54, 1.807) is 24.3 Å². The summed E-state index contributed by atoms with van der Waals surface area (Å²) in [5.74, 6) is -1.14. The molecule has 7 nitrogen and oxygen atoms in total. The van der Waals surface area contributed by atoms with E-state index in [9.17, 15) is 23.1 Å². The summed E-state index contributed by atoms with van der Waals surface area (Å²) in [6.45, 7) is 0. The first-order chi connectivity index (χ1) is 11.7. The Balaban J connectivity index is 1.88. The lowest BCUT2D eigenvalue weighted by Crippen LogP contribution is -2.36. The Hall–Kier alpha value is -2.71. The second kappa shape index (κ2) is 5.98. The maximum atomic E-state index is 12.6. The Morgan fingerprint density at radius 3 is 2.64 bits per heavy atom. The van der Waals surface area contributed by atoms with Crippen LogP contribution >= 0.6 is 0 Å². The predicted octanol–water partition coefficient (Wildman–Crippen LogP) is 1.47. The van der Waals surface area contributed by atoms with E-state index >= 15 is 0 Å². The van der Waals surface area contributed by atoms with Crippen LogP contribution in [0.5, 0.6) is 0 Å². The molecule has 0 aliphatic carbocycles. The Labute approximate surface area is 144 Å². The molecule has 25 heavy (non-hydrogen) atoms. The lowest BCUT2D eigenvalue weighted by Gasteiger charge is -2.20. The molecule has 0 fully saturated rings. The summed E-state index contributed by atoms with van der Waals surface area (Å²) in [5, 5.41) is 13.3. The smallest absolute Gasteiger partial charge is 0.261 e. The van der Waals surface area contributed by atoms with Crippen LogP contribution in [0.3, 0.4) is 0 Å². The first-order valence-corrected chi connectivity index (χ1v) is 9.32. The quantitative estimate of drug-likeness (QED) is 0.699. The Bertz CT molecular complexity index is 971. The van der Waals surface area contributed by atoms with Gasteiger partial charge in [0.1, 0.15) is 0 Å². The summed E-state index contributed by atoms with van der Waals surface area (Å²) < 4.78 is 24.9. The summed E-state index contributed by atoms with van der Waals surface area (Å²) >= 11 is 0. The molecule has 130 valence electrons. The van der Waals surface area contributed by atoms with E-state index in [4.69, 9.17) is 0 Å². The summed E-state index contributed by atoms with van der Waals surface area (Å²) in [6, 6.07) is 12.5. The number of amides is 1. The highest BCUT2D eigenvalue weighted by Gasteiger charge is 2.46. The SMILES string of the molecule is CS(=O)(=O)Nc1cccc(C(=O)C[C@@]2(O)C(=O)Nc3ccccc32)c1. The van der Waals surface area contributed by atoms with Crippen LogP contribution in [0.1, 0.15) is 22.3 Å². The number of benzene rings is 2. The fraction of sp³-hybridized carbons (Fsp3) is 0.176. The lowest BCUT2D eigenvalue weighted by molar-refractivity contribution is -0.133. The van der Waals surface area contributed by atoms with Gasteiger partial charge in [-0.25, -0.2) is 8.42 Å². The average molecular weight is 360 g/mol. The standard InChI is InChI=1S/C17H16N2O5S/c1-25(23,24)19-12-6-4-5-11(9-12)15(20)10-17(22)13-7-2-3-8-14(13)18-16(17)21/h2-9,19,22H,10H2,1H3,(H,18,21)/t17-/m0/s1. The number of hydrogen-bond donors (Lipinski definition) is 3. The van der Waals surface area contributed by atoms with Crippen molar-refractivity contribution in [1.29, 1.82) is 0 Å². The van der Waals surface area contributed by atoms with Crippen LogP contribution in [0.15, 0.2) is 48.5 Å². The number of anilines is 2. The number of fused-ring (bicyclic) bond motifs is 1. The molecule has 3 N–H and O–H groups in total. The fourth-order valence-corrected chi connectivity index (χ4v) is 3.34. The average Bonchev–Trinajstić information content (AvgIpc) is 2.77. The minimum absolute atomic E-state index is 0.194. The maximum absolute atomic E-state index is 12.6. The molecule has 1 atom stereocenters. The molecule has 2 aromatic carbocycles. The molecule has 0 radical (unpaired) electrons. The number of sulfonamides is 1. The van der Waals surface area contributed by atoms with Gasteiger partial charge in [0.15, 0.2) is 11.4 Å². The largest absolute Gasteiger partial charge is 0.375 e. The van der Waals surface area contributed by atoms with Crippen molar-refractivity contribution < 1.29 is 23.1 Å². The Morgan fingerprint density at radius 1 is 1.20 bits per heavy atom. The van der Waals surface area contributed by atoms with Gasteiger partial charge < -0.3 is 10.4 Å². The van der Waals surface area contributed by atoms with Crippen LogP contribution in [0, 0.1) is 0 Å². The number of nitrogens with one attached hydrogen (secondary N) is 2. The van der Waals surface area contributed by atoms with E-state index in [1.807, 2.05) is 0 Å². The van der Waals surface area contributed by atoms with Gasteiger partial charge in [-0.05, 0) is 18.2 Å². The van der Waals surface area contributed by atoms with E-state index in [-0.39, 0.29) is 11.3 Å². The number of aliphatic hydroxyl groups is 1. The molecule has 8 heteroatoms. The third-order valence-electron chi connectivity index (χ3n) is 3.90. The van der Waals surface area contributed by atoms with Gasteiger partial charge in [-0.3, -0.25) is 14.3 Å². The topological polar surface area (TPSA) is 113 Å². The van der Waals surface area contributed by atoms with E-state index in [1.165, 1.54) is 24.3 Å². The molecule has 1 amide bonds. The highest BCUT2D eigenvalue weighted by molar-refractivity contribution is 7.92.